The van der Waals surface area contributed by atoms with E-state index in [1.165, 1.54) is 12.1 Å². The van der Waals surface area contributed by atoms with E-state index >= 15 is 0 Å². The molecule has 0 saturated carbocycles. The highest BCUT2D eigenvalue weighted by molar-refractivity contribution is 6.67. The maximum Gasteiger partial charge on any atom is 0.250 e. The summed E-state index contributed by atoms with van der Waals surface area (Å²) in [6.07, 6.45) is 1.75. The van der Waals surface area contributed by atoms with Crippen molar-refractivity contribution in [1.29, 1.82) is 0 Å². The molecule has 22 heavy (non-hydrogen) atoms. The Bertz CT molecular complexity index is 661. The molecule has 2 rings (SSSR count). The molecule has 10 heteroatoms. The Morgan fingerprint density at radius 2 is 1.23 bits per heavy atom. The van der Waals surface area contributed by atoms with Crippen LogP contribution in [0.4, 0.5) is 0 Å². The second kappa shape index (κ2) is 6.63. The van der Waals surface area contributed by atoms with E-state index in [1.54, 1.807) is 18.4 Å². The molecule has 0 atom stereocenters. The molecule has 0 spiro atoms. The topological polar surface area (TPSA) is 55.7 Å². The lowest BCUT2D eigenvalue weighted by Crippen LogP contribution is -2.16. The molecule has 0 amide bonds. The summed E-state index contributed by atoms with van der Waals surface area (Å²) in [6.45, 7) is 0. The van der Waals surface area contributed by atoms with Crippen molar-refractivity contribution in [3.8, 4) is 11.4 Å². The lowest BCUT2D eigenvalue weighted by atomic mass is 10.1. The van der Waals surface area contributed by atoms with E-state index in [-0.39, 0.29) is 17.5 Å². The first-order valence-corrected chi connectivity index (χ1v) is 7.77. The van der Waals surface area contributed by atoms with Gasteiger partial charge >= 0.3 is 0 Å². The summed E-state index contributed by atoms with van der Waals surface area (Å²) < 4.78 is -3.84. The molecule has 0 aliphatic carbocycles. The largest absolute Gasteiger partial charge is 0.285 e. The Kier molecular flexibility index (Phi) is 5.42. The van der Waals surface area contributed by atoms with Crippen molar-refractivity contribution in [3.63, 3.8) is 0 Å². The minimum atomic E-state index is -1.92. The monoisotopic (exact) mass is 416 g/mol. The minimum absolute atomic E-state index is 0.134. The average molecular weight is 419 g/mol. The average Bonchev–Trinajstić information content (AvgIpc) is 2.45. The molecule has 0 fully saturated rings. The predicted molar refractivity (Wildman–Crippen MR) is 88.5 cm³/mol. The van der Waals surface area contributed by atoms with E-state index in [0.29, 0.717) is 11.1 Å². The van der Waals surface area contributed by atoms with Crippen LogP contribution in [-0.4, -0.2) is 21.2 Å². The number of benzene rings is 1. The first-order chi connectivity index (χ1) is 10.1. The Balaban J connectivity index is 2.61. The minimum Gasteiger partial charge on any atom is -0.285 e. The maximum atomic E-state index is 10.6. The van der Waals surface area contributed by atoms with Crippen LogP contribution in [-0.2, 0) is 12.4 Å². The second-order valence-electron chi connectivity index (χ2n) is 3.98. The van der Waals surface area contributed by atoms with Crippen molar-refractivity contribution in [1.82, 2.24) is 15.0 Å². The van der Waals surface area contributed by atoms with E-state index in [2.05, 4.69) is 15.0 Å². The van der Waals surface area contributed by atoms with Crippen LogP contribution in [0.2, 0.25) is 0 Å². The molecule has 0 N–H and O–H groups in total. The zero-order valence-electron chi connectivity index (χ0n) is 10.3. The standard InChI is InChI=1S/C12H4Cl6N3O/c13-11(14,15)9-19-8(20-10(21-9)12(16,17)18)7-3-1-6(5-22)2-4-7/h1-4H. The maximum absolute atomic E-state index is 10.6. The van der Waals surface area contributed by atoms with Gasteiger partial charge in [-0.25, -0.2) is 15.0 Å². The van der Waals surface area contributed by atoms with Gasteiger partial charge in [-0.15, -0.1) is 0 Å². The van der Waals surface area contributed by atoms with Gasteiger partial charge in [0.2, 0.25) is 13.9 Å². The number of halogens is 6. The molecule has 0 bridgehead atoms. The van der Waals surface area contributed by atoms with Gasteiger partial charge in [-0.1, -0.05) is 93.9 Å². The third kappa shape index (κ3) is 4.34. The highest BCUT2D eigenvalue weighted by Gasteiger charge is 2.33. The molecule has 115 valence electrons. The Morgan fingerprint density at radius 1 is 0.773 bits per heavy atom. The summed E-state index contributed by atoms with van der Waals surface area (Å²) in [7, 11) is 0. The van der Waals surface area contributed by atoms with Crippen molar-refractivity contribution in [2.75, 3.05) is 0 Å². The summed E-state index contributed by atoms with van der Waals surface area (Å²) in [6, 6.07) is 6.21. The molecule has 1 aromatic carbocycles. The smallest absolute Gasteiger partial charge is 0.250 e. The zero-order valence-corrected chi connectivity index (χ0v) is 14.9. The summed E-state index contributed by atoms with van der Waals surface area (Å²) >= 11 is 34.7. The van der Waals surface area contributed by atoms with Gasteiger partial charge in [0.15, 0.2) is 17.5 Å². The van der Waals surface area contributed by atoms with Crippen LogP contribution in [0.25, 0.3) is 11.4 Å². The van der Waals surface area contributed by atoms with Gasteiger partial charge < -0.3 is 0 Å². The lowest BCUT2D eigenvalue weighted by Gasteiger charge is -2.15. The third-order valence-corrected chi connectivity index (χ3v) is 3.42. The highest BCUT2D eigenvalue weighted by Crippen LogP contribution is 2.40. The van der Waals surface area contributed by atoms with Crippen LogP contribution in [0.3, 0.4) is 0 Å². The van der Waals surface area contributed by atoms with E-state index < -0.39 is 7.59 Å². The fourth-order valence-corrected chi connectivity index (χ4v) is 1.95. The predicted octanol–water partition coefficient (Wildman–Crippen LogP) is 4.65. The Labute approximate surface area is 155 Å². The summed E-state index contributed by atoms with van der Waals surface area (Å²) in [4.78, 5) is 22.5. The van der Waals surface area contributed by atoms with Gasteiger partial charge in [0, 0.05) is 11.1 Å². The zero-order chi connectivity index (χ0) is 16.5. The van der Waals surface area contributed by atoms with Crippen LogP contribution in [0.1, 0.15) is 17.2 Å². The molecular formula is C12H4Cl6N3O. The molecular weight excluding hydrogens is 415 g/mol. The molecule has 0 saturated heterocycles. The van der Waals surface area contributed by atoms with Gasteiger partial charge in [-0.2, -0.15) is 0 Å². The number of rotatable bonds is 2. The third-order valence-electron chi connectivity index (χ3n) is 2.40. The molecule has 4 nitrogen and oxygen atoms in total. The molecule has 0 aliphatic heterocycles. The molecule has 2 aromatic rings. The summed E-state index contributed by atoms with van der Waals surface area (Å²) in [5.41, 5.74) is 0.883. The summed E-state index contributed by atoms with van der Waals surface area (Å²) in [5, 5.41) is 0. The van der Waals surface area contributed by atoms with Crippen LogP contribution in [0.15, 0.2) is 24.3 Å². The number of alkyl halides is 6. The molecule has 0 unspecified atom stereocenters. The van der Waals surface area contributed by atoms with Crippen molar-refractivity contribution in [2.24, 2.45) is 0 Å². The summed E-state index contributed by atoms with van der Waals surface area (Å²) in [5.74, 6) is -0.236. The van der Waals surface area contributed by atoms with Gasteiger partial charge in [-0.3, -0.25) is 4.79 Å². The van der Waals surface area contributed by atoms with Crippen molar-refractivity contribution in [2.45, 2.75) is 7.59 Å². The fraction of sp³-hybridized carbons (Fsp3) is 0.167. The molecule has 1 heterocycles. The highest BCUT2D eigenvalue weighted by atomic mass is 35.6. The number of carbonyl (C=O) groups excluding carboxylic acids is 1. The number of hydrogen-bond acceptors (Lipinski definition) is 4. The van der Waals surface area contributed by atoms with Gasteiger partial charge in [0.05, 0.1) is 0 Å². The lowest BCUT2D eigenvalue weighted by molar-refractivity contribution is 0.563. The van der Waals surface area contributed by atoms with Gasteiger partial charge in [-0.05, 0) is 0 Å². The van der Waals surface area contributed by atoms with Crippen molar-refractivity contribution < 1.29 is 4.79 Å². The Hall–Kier alpha value is -0.360. The second-order valence-corrected chi connectivity index (χ2v) is 8.54. The van der Waals surface area contributed by atoms with Gasteiger partial charge in [0.1, 0.15) is 0 Å². The molecule has 0 aliphatic rings. The van der Waals surface area contributed by atoms with Crippen LogP contribution < -0.4 is 0 Å². The molecule has 1 aromatic heterocycles. The first-order valence-electron chi connectivity index (χ1n) is 5.50. The van der Waals surface area contributed by atoms with Crippen molar-refractivity contribution in [3.05, 3.63) is 41.5 Å². The number of nitrogens with zero attached hydrogens (tertiary/aromatic N) is 3. The quantitative estimate of drug-likeness (QED) is 0.666. The van der Waals surface area contributed by atoms with E-state index in [0.717, 1.165) is 0 Å². The van der Waals surface area contributed by atoms with Crippen LogP contribution in [0.5, 0.6) is 0 Å². The fourth-order valence-electron chi connectivity index (χ4n) is 1.45. The van der Waals surface area contributed by atoms with Gasteiger partial charge in [0.25, 0.3) is 0 Å². The molecule has 1 radical (unpaired) electrons. The van der Waals surface area contributed by atoms with Crippen LogP contribution in [0, 0.1) is 0 Å². The number of hydrogen-bond donors (Lipinski definition) is 0. The first kappa shape index (κ1) is 18.0. The van der Waals surface area contributed by atoms with E-state index in [4.69, 9.17) is 69.6 Å². The normalized spacial score (nSPS) is 12.3. The van der Waals surface area contributed by atoms with Crippen molar-refractivity contribution >= 4 is 75.9 Å². The van der Waals surface area contributed by atoms with E-state index in [1.807, 2.05) is 0 Å². The Morgan fingerprint density at radius 3 is 1.59 bits per heavy atom. The van der Waals surface area contributed by atoms with E-state index in [9.17, 15) is 4.79 Å². The SMILES string of the molecule is O=[C]c1ccc(-c2nc(C(Cl)(Cl)Cl)nc(C(Cl)(Cl)Cl)n2)cc1. The van der Waals surface area contributed by atoms with Crippen LogP contribution >= 0.6 is 69.6 Å². The number of aromatic nitrogens is 3.